The van der Waals surface area contributed by atoms with E-state index in [1.807, 2.05) is 13.8 Å². The molecule has 0 aromatic carbocycles. The predicted molar refractivity (Wildman–Crippen MR) is 69.5 cm³/mol. The molecule has 2 atom stereocenters. The highest BCUT2D eigenvalue weighted by molar-refractivity contribution is 7.89. The Morgan fingerprint density at radius 3 is 2.69 bits per heavy atom. The number of allylic oxidation sites excluding steroid dienone is 1. The molecule has 0 aliphatic carbocycles. The van der Waals surface area contributed by atoms with Crippen LogP contribution in [0.5, 0.6) is 0 Å². The Kier molecular flexibility index (Phi) is 6.55. The molecule has 1 aliphatic rings. The van der Waals surface area contributed by atoms with E-state index in [9.17, 15) is 8.42 Å². The first kappa shape index (κ1) is 15.9. The molecule has 0 spiro atoms. The van der Waals surface area contributed by atoms with Crippen molar-refractivity contribution in [1.82, 2.24) is 9.62 Å². The van der Waals surface area contributed by atoms with Crippen LogP contribution in [-0.2, 0) is 10.0 Å². The third-order valence-electron chi connectivity index (χ3n) is 2.64. The van der Waals surface area contributed by atoms with Crippen LogP contribution < -0.4 is 5.32 Å². The van der Waals surface area contributed by atoms with Crippen LogP contribution in [-0.4, -0.2) is 43.6 Å². The average molecular weight is 269 g/mol. The summed E-state index contributed by atoms with van der Waals surface area (Å²) in [4.78, 5) is 0. The molecule has 1 fully saturated rings. The second-order valence-electron chi connectivity index (χ2n) is 4.12. The van der Waals surface area contributed by atoms with Crippen LogP contribution >= 0.6 is 12.4 Å². The van der Waals surface area contributed by atoms with E-state index in [1.54, 1.807) is 10.4 Å². The fraction of sp³-hybridized carbons (Fsp3) is 0.800. The minimum Gasteiger partial charge on any atom is -0.311 e. The average Bonchev–Trinajstić information content (AvgIpc) is 2.18. The molecule has 0 amide bonds. The van der Waals surface area contributed by atoms with Gasteiger partial charge in [-0.2, -0.15) is 4.31 Å². The molecular weight excluding hydrogens is 248 g/mol. The van der Waals surface area contributed by atoms with Crippen LogP contribution in [0.3, 0.4) is 0 Å². The lowest BCUT2D eigenvalue weighted by Crippen LogP contribution is -2.56. The fourth-order valence-corrected chi connectivity index (χ4v) is 3.50. The summed E-state index contributed by atoms with van der Waals surface area (Å²) >= 11 is 0. The van der Waals surface area contributed by atoms with Crippen LogP contribution in [0.4, 0.5) is 0 Å². The molecule has 96 valence electrons. The summed E-state index contributed by atoms with van der Waals surface area (Å²) in [7, 11) is -3.11. The minimum absolute atomic E-state index is 0. The lowest BCUT2D eigenvalue weighted by molar-refractivity contribution is 0.245. The van der Waals surface area contributed by atoms with Gasteiger partial charge in [0.1, 0.15) is 0 Å². The number of hydrogen-bond donors (Lipinski definition) is 1. The van der Waals surface area contributed by atoms with Crippen LogP contribution in [0.2, 0.25) is 0 Å². The highest BCUT2D eigenvalue weighted by Crippen LogP contribution is 2.13. The van der Waals surface area contributed by atoms with Crippen molar-refractivity contribution >= 4 is 22.4 Å². The van der Waals surface area contributed by atoms with Gasteiger partial charge in [0, 0.05) is 25.2 Å². The molecule has 1 N–H and O–H groups in total. The number of piperazine rings is 1. The molecule has 6 heteroatoms. The molecule has 0 aromatic rings. The minimum atomic E-state index is -3.11. The number of halogens is 1. The van der Waals surface area contributed by atoms with Crippen molar-refractivity contribution in [3.8, 4) is 0 Å². The Morgan fingerprint density at radius 2 is 2.12 bits per heavy atom. The first-order valence-corrected chi connectivity index (χ1v) is 6.92. The van der Waals surface area contributed by atoms with Crippen molar-refractivity contribution in [2.75, 3.05) is 18.8 Å². The molecule has 4 nitrogen and oxygen atoms in total. The number of rotatable bonds is 4. The normalized spacial score (nSPS) is 27.1. The van der Waals surface area contributed by atoms with Crippen molar-refractivity contribution in [3.63, 3.8) is 0 Å². The van der Waals surface area contributed by atoms with Gasteiger partial charge < -0.3 is 5.32 Å². The van der Waals surface area contributed by atoms with Gasteiger partial charge in [-0.05, 0) is 20.3 Å². The fourth-order valence-electron chi connectivity index (χ4n) is 1.73. The summed E-state index contributed by atoms with van der Waals surface area (Å²) in [5.41, 5.74) is 0. The highest BCUT2D eigenvalue weighted by Gasteiger charge is 2.31. The third-order valence-corrected chi connectivity index (χ3v) is 4.62. The zero-order valence-electron chi connectivity index (χ0n) is 9.85. The molecule has 0 radical (unpaired) electrons. The number of nitrogens with zero attached hydrogens (tertiary/aromatic N) is 1. The highest BCUT2D eigenvalue weighted by atomic mass is 35.5. The van der Waals surface area contributed by atoms with Crippen LogP contribution in [0.15, 0.2) is 12.7 Å². The molecule has 0 bridgehead atoms. The first-order valence-electron chi connectivity index (χ1n) is 5.31. The predicted octanol–water partition coefficient (Wildman–Crippen LogP) is 0.996. The maximum absolute atomic E-state index is 12.0. The van der Waals surface area contributed by atoms with Gasteiger partial charge in [0.05, 0.1) is 5.75 Å². The lowest BCUT2D eigenvalue weighted by Gasteiger charge is -2.36. The molecule has 1 saturated heterocycles. The van der Waals surface area contributed by atoms with Crippen molar-refractivity contribution in [2.24, 2.45) is 0 Å². The number of sulfonamides is 1. The van der Waals surface area contributed by atoms with Gasteiger partial charge in [0.2, 0.25) is 10.0 Å². The van der Waals surface area contributed by atoms with Gasteiger partial charge in [0.25, 0.3) is 0 Å². The first-order chi connectivity index (χ1) is 6.97. The number of hydrogen-bond acceptors (Lipinski definition) is 3. The summed E-state index contributed by atoms with van der Waals surface area (Å²) in [6.45, 7) is 8.79. The maximum Gasteiger partial charge on any atom is 0.214 e. The third kappa shape index (κ3) is 4.05. The van der Waals surface area contributed by atoms with Gasteiger partial charge in [-0.15, -0.1) is 19.0 Å². The van der Waals surface area contributed by atoms with Crippen LogP contribution in [0.25, 0.3) is 0 Å². The van der Waals surface area contributed by atoms with Crippen molar-refractivity contribution in [1.29, 1.82) is 0 Å². The van der Waals surface area contributed by atoms with Gasteiger partial charge in [0.15, 0.2) is 0 Å². The summed E-state index contributed by atoms with van der Waals surface area (Å²) in [5, 5.41) is 3.26. The quantitative estimate of drug-likeness (QED) is 0.774. The standard InChI is InChI=1S/C10H20N2O2S.ClH/c1-4-5-6-15(13,14)12-8-9(2)11-7-10(12)3;/h4,9-11H,1,5-8H2,2-3H3;1H. The van der Waals surface area contributed by atoms with Crippen molar-refractivity contribution < 1.29 is 8.42 Å². The Morgan fingerprint density at radius 1 is 1.50 bits per heavy atom. The van der Waals surface area contributed by atoms with Gasteiger partial charge in [-0.1, -0.05) is 6.08 Å². The summed E-state index contributed by atoms with van der Waals surface area (Å²) in [6.07, 6.45) is 2.17. The summed E-state index contributed by atoms with van der Waals surface area (Å²) in [5.74, 6) is 0.174. The van der Waals surface area contributed by atoms with Gasteiger partial charge >= 0.3 is 0 Å². The lowest BCUT2D eigenvalue weighted by atomic mass is 10.2. The van der Waals surface area contributed by atoms with E-state index in [-0.39, 0.29) is 30.2 Å². The van der Waals surface area contributed by atoms with E-state index in [0.29, 0.717) is 13.0 Å². The SMILES string of the molecule is C=CCCS(=O)(=O)N1CC(C)NCC1C.Cl. The summed E-state index contributed by atoms with van der Waals surface area (Å²) in [6, 6.07) is 0.288. The van der Waals surface area contributed by atoms with Crippen molar-refractivity contribution in [2.45, 2.75) is 32.4 Å². The van der Waals surface area contributed by atoms with E-state index < -0.39 is 10.0 Å². The molecule has 1 rings (SSSR count). The smallest absolute Gasteiger partial charge is 0.214 e. The van der Waals surface area contributed by atoms with Gasteiger partial charge in [-0.3, -0.25) is 0 Å². The molecule has 1 heterocycles. The molecule has 16 heavy (non-hydrogen) atoms. The molecular formula is C10H21ClN2O2S. The zero-order valence-corrected chi connectivity index (χ0v) is 11.5. The Labute approximate surface area is 105 Å². The Hall–Kier alpha value is -0.100. The van der Waals surface area contributed by atoms with Crippen LogP contribution in [0.1, 0.15) is 20.3 Å². The van der Waals surface area contributed by atoms with E-state index in [4.69, 9.17) is 0 Å². The van der Waals surface area contributed by atoms with E-state index in [0.717, 1.165) is 6.54 Å². The van der Waals surface area contributed by atoms with E-state index in [1.165, 1.54) is 0 Å². The molecule has 2 unspecified atom stereocenters. The Balaban J connectivity index is 0.00000225. The maximum atomic E-state index is 12.0. The monoisotopic (exact) mass is 268 g/mol. The molecule has 1 aliphatic heterocycles. The van der Waals surface area contributed by atoms with E-state index in [2.05, 4.69) is 11.9 Å². The van der Waals surface area contributed by atoms with Crippen LogP contribution in [0, 0.1) is 0 Å². The largest absolute Gasteiger partial charge is 0.311 e. The van der Waals surface area contributed by atoms with Gasteiger partial charge in [-0.25, -0.2) is 8.42 Å². The second-order valence-corrected chi connectivity index (χ2v) is 6.16. The molecule has 0 saturated carbocycles. The summed E-state index contributed by atoms with van der Waals surface area (Å²) < 4.78 is 25.5. The molecule has 0 aromatic heterocycles. The second kappa shape index (κ2) is 6.59. The number of nitrogens with one attached hydrogen (secondary N) is 1. The zero-order chi connectivity index (χ0) is 11.5. The Bertz CT molecular complexity index is 319. The topological polar surface area (TPSA) is 49.4 Å². The van der Waals surface area contributed by atoms with Crippen molar-refractivity contribution in [3.05, 3.63) is 12.7 Å². The van der Waals surface area contributed by atoms with E-state index >= 15 is 0 Å².